The number of nitrogens with zero attached hydrogens (tertiary/aromatic N) is 1. The van der Waals surface area contributed by atoms with Gasteiger partial charge in [0.15, 0.2) is 0 Å². The molecule has 0 saturated heterocycles. The summed E-state index contributed by atoms with van der Waals surface area (Å²) in [6.45, 7) is 4.97. The van der Waals surface area contributed by atoms with Gasteiger partial charge in [0.25, 0.3) is 10.0 Å². The predicted octanol–water partition coefficient (Wildman–Crippen LogP) is 3.92. The molecule has 0 aliphatic rings. The Labute approximate surface area is 162 Å². The largest absolute Gasteiger partial charge is 0.416 e. The molecule has 5 nitrogen and oxygen atoms in total. The molecule has 0 radical (unpaired) electrons. The van der Waals surface area contributed by atoms with E-state index in [-0.39, 0.29) is 18.0 Å². The maximum absolute atomic E-state index is 12.8. The number of rotatable bonds is 7. The van der Waals surface area contributed by atoms with E-state index in [4.69, 9.17) is 0 Å². The third kappa shape index (κ3) is 5.48. The smallest absolute Gasteiger partial charge is 0.343 e. The first-order valence-electron chi connectivity index (χ1n) is 8.63. The van der Waals surface area contributed by atoms with Crippen molar-refractivity contribution in [3.8, 4) is 0 Å². The number of halogens is 3. The number of benzene rings is 2. The highest BCUT2D eigenvalue weighted by molar-refractivity contribution is 7.92. The van der Waals surface area contributed by atoms with Crippen molar-refractivity contribution in [1.29, 1.82) is 0 Å². The summed E-state index contributed by atoms with van der Waals surface area (Å²) in [4.78, 5) is 13.3. The van der Waals surface area contributed by atoms with Crippen molar-refractivity contribution in [2.24, 2.45) is 0 Å². The topological polar surface area (TPSA) is 66.5 Å². The van der Waals surface area contributed by atoms with Gasteiger partial charge in [0, 0.05) is 18.8 Å². The lowest BCUT2D eigenvalue weighted by Crippen LogP contribution is -2.31. The normalized spacial score (nSPS) is 11.9. The number of anilines is 1. The molecule has 0 unspecified atom stereocenters. The van der Waals surface area contributed by atoms with Gasteiger partial charge in [0.05, 0.1) is 16.9 Å². The number of carbonyl (C=O) groups excluding carboxylic acids is 1. The molecule has 2 aromatic carbocycles. The summed E-state index contributed by atoms with van der Waals surface area (Å²) < 4.78 is 65.4. The Hall–Kier alpha value is -2.55. The molecular weight excluding hydrogens is 393 g/mol. The van der Waals surface area contributed by atoms with Gasteiger partial charge in [-0.1, -0.05) is 18.2 Å². The van der Waals surface area contributed by atoms with Crippen molar-refractivity contribution >= 4 is 21.6 Å². The molecule has 152 valence electrons. The van der Waals surface area contributed by atoms with Crippen LogP contribution in [0.3, 0.4) is 0 Å². The number of hydrogen-bond donors (Lipinski definition) is 1. The van der Waals surface area contributed by atoms with Crippen LogP contribution in [0.1, 0.15) is 25.0 Å². The minimum absolute atomic E-state index is 0.0395. The lowest BCUT2D eigenvalue weighted by Gasteiger charge is -2.18. The number of amides is 1. The van der Waals surface area contributed by atoms with Crippen LogP contribution in [0.4, 0.5) is 18.9 Å². The van der Waals surface area contributed by atoms with E-state index in [2.05, 4.69) is 4.72 Å². The summed E-state index contributed by atoms with van der Waals surface area (Å²) in [5, 5.41) is 0. The molecule has 0 aliphatic heterocycles. The number of sulfonamides is 1. The number of hydrogen-bond acceptors (Lipinski definition) is 3. The molecule has 2 aromatic rings. The zero-order valence-corrected chi connectivity index (χ0v) is 16.3. The molecule has 1 N–H and O–H groups in total. The van der Waals surface area contributed by atoms with Gasteiger partial charge >= 0.3 is 6.18 Å². The molecule has 0 saturated carbocycles. The summed E-state index contributed by atoms with van der Waals surface area (Å²) in [5.74, 6) is -0.0395. The van der Waals surface area contributed by atoms with Crippen LogP contribution in [0, 0.1) is 0 Å². The van der Waals surface area contributed by atoms with Gasteiger partial charge in [-0.05, 0) is 49.7 Å². The molecule has 0 atom stereocenters. The van der Waals surface area contributed by atoms with Gasteiger partial charge in [-0.25, -0.2) is 8.42 Å². The van der Waals surface area contributed by atoms with Gasteiger partial charge < -0.3 is 4.90 Å². The average molecular weight is 414 g/mol. The fraction of sp³-hybridized carbons (Fsp3) is 0.316. The van der Waals surface area contributed by atoms with Crippen LogP contribution in [-0.2, 0) is 27.4 Å². The lowest BCUT2D eigenvalue weighted by atomic mass is 10.1. The van der Waals surface area contributed by atoms with Crippen LogP contribution in [0.2, 0.25) is 0 Å². The summed E-state index contributed by atoms with van der Waals surface area (Å²) in [6.07, 6.45) is -4.45. The average Bonchev–Trinajstić information content (AvgIpc) is 2.63. The molecule has 1 amide bonds. The second-order valence-electron chi connectivity index (χ2n) is 6.07. The van der Waals surface area contributed by atoms with E-state index in [1.54, 1.807) is 17.0 Å². The Bertz CT molecular complexity index is 922. The van der Waals surface area contributed by atoms with Crippen molar-refractivity contribution in [3.05, 3.63) is 59.7 Å². The number of alkyl halides is 3. The van der Waals surface area contributed by atoms with E-state index in [0.717, 1.165) is 18.2 Å². The van der Waals surface area contributed by atoms with Crippen molar-refractivity contribution in [3.63, 3.8) is 0 Å². The second-order valence-corrected chi connectivity index (χ2v) is 7.75. The van der Waals surface area contributed by atoms with Crippen molar-refractivity contribution in [1.82, 2.24) is 4.90 Å². The quantitative estimate of drug-likeness (QED) is 0.747. The van der Waals surface area contributed by atoms with Gasteiger partial charge in [-0.3, -0.25) is 9.52 Å². The van der Waals surface area contributed by atoms with Crippen molar-refractivity contribution in [2.45, 2.75) is 31.3 Å². The number of likely N-dealkylation sites (N-methyl/N-ethyl adjacent to an activating group) is 1. The lowest BCUT2D eigenvalue weighted by molar-refractivity contribution is -0.137. The molecule has 28 heavy (non-hydrogen) atoms. The van der Waals surface area contributed by atoms with Crippen molar-refractivity contribution < 1.29 is 26.4 Å². The monoisotopic (exact) mass is 414 g/mol. The molecule has 0 aliphatic carbocycles. The number of nitrogens with one attached hydrogen (secondary N) is 1. The zero-order chi connectivity index (χ0) is 20.9. The van der Waals surface area contributed by atoms with Crippen LogP contribution in [0.15, 0.2) is 53.4 Å². The summed E-state index contributed by atoms with van der Waals surface area (Å²) >= 11 is 0. The highest BCUT2D eigenvalue weighted by atomic mass is 32.2. The first-order valence-corrected chi connectivity index (χ1v) is 10.1. The van der Waals surface area contributed by atoms with E-state index >= 15 is 0 Å². The second kappa shape index (κ2) is 8.64. The van der Waals surface area contributed by atoms with Crippen LogP contribution in [0.5, 0.6) is 0 Å². The van der Waals surface area contributed by atoms with Crippen molar-refractivity contribution in [2.75, 3.05) is 17.8 Å². The Morgan fingerprint density at radius 3 is 2.18 bits per heavy atom. The Balaban J connectivity index is 2.14. The molecule has 2 rings (SSSR count). The summed E-state index contributed by atoms with van der Waals surface area (Å²) in [6, 6.07) is 9.66. The summed E-state index contributed by atoms with van der Waals surface area (Å²) in [5.41, 5.74) is -0.143. The van der Waals surface area contributed by atoms with Crippen LogP contribution < -0.4 is 4.72 Å². The molecule has 0 fully saturated rings. The molecular formula is C19H21F3N2O3S. The Morgan fingerprint density at radius 1 is 1.04 bits per heavy atom. The Morgan fingerprint density at radius 2 is 1.64 bits per heavy atom. The Kier molecular flexibility index (Phi) is 6.71. The molecule has 0 heterocycles. The van der Waals surface area contributed by atoms with Gasteiger partial charge in [0.2, 0.25) is 5.91 Å². The predicted molar refractivity (Wildman–Crippen MR) is 100 cm³/mol. The van der Waals surface area contributed by atoms with Gasteiger partial charge in [-0.15, -0.1) is 0 Å². The maximum Gasteiger partial charge on any atom is 0.416 e. The van der Waals surface area contributed by atoms with E-state index in [9.17, 15) is 26.4 Å². The zero-order valence-electron chi connectivity index (χ0n) is 15.5. The van der Waals surface area contributed by atoms with E-state index in [1.165, 1.54) is 12.1 Å². The maximum atomic E-state index is 12.8. The fourth-order valence-corrected chi connectivity index (χ4v) is 3.71. The molecule has 9 heteroatoms. The van der Waals surface area contributed by atoms with E-state index in [0.29, 0.717) is 24.7 Å². The van der Waals surface area contributed by atoms with Gasteiger partial charge in [-0.2, -0.15) is 13.2 Å². The third-order valence-electron chi connectivity index (χ3n) is 4.15. The van der Waals surface area contributed by atoms with Crippen LogP contribution in [0.25, 0.3) is 0 Å². The molecule has 0 aromatic heterocycles. The SMILES string of the molecule is CCN(CC)C(=O)Cc1ccc(NS(=O)(=O)c2cccc(C(F)(F)F)c2)cc1. The van der Waals surface area contributed by atoms with E-state index < -0.39 is 26.7 Å². The van der Waals surface area contributed by atoms with Gasteiger partial charge in [0.1, 0.15) is 0 Å². The molecule has 0 bridgehead atoms. The molecule has 0 spiro atoms. The first-order chi connectivity index (χ1) is 13.1. The third-order valence-corrected chi connectivity index (χ3v) is 5.53. The van der Waals surface area contributed by atoms with Crippen LogP contribution >= 0.6 is 0 Å². The minimum atomic E-state index is -4.63. The standard InChI is InChI=1S/C19H21F3N2O3S/c1-3-24(4-2)18(25)12-14-8-10-16(11-9-14)23-28(26,27)17-7-5-6-15(13-17)19(20,21)22/h5-11,13,23H,3-4,12H2,1-2H3. The fourth-order valence-electron chi connectivity index (χ4n) is 2.61. The van der Waals surface area contributed by atoms with E-state index in [1.807, 2.05) is 13.8 Å². The highest BCUT2D eigenvalue weighted by Gasteiger charge is 2.31. The minimum Gasteiger partial charge on any atom is -0.343 e. The first kappa shape index (κ1) is 21.7. The number of carbonyl (C=O) groups is 1. The summed E-state index contributed by atoms with van der Waals surface area (Å²) in [7, 11) is -4.18. The van der Waals surface area contributed by atoms with Crippen LogP contribution in [-0.4, -0.2) is 32.3 Å². The highest BCUT2D eigenvalue weighted by Crippen LogP contribution is 2.30.